The Morgan fingerprint density at radius 3 is 1.75 bits per heavy atom. The first-order valence-corrected chi connectivity index (χ1v) is 19.4. The normalized spacial score (nSPS) is 12.0. The number of nitrogens with zero attached hydrogens (tertiary/aromatic N) is 4. The molecule has 4 aromatic heterocycles. The average Bonchev–Trinajstić information content (AvgIpc) is 3.91. The smallest absolute Gasteiger partial charge is 0.235 e. The molecule has 0 saturated carbocycles. The van der Waals surface area contributed by atoms with Crippen molar-refractivity contribution in [1.29, 1.82) is 0 Å². The number of fused-ring (bicyclic) bond motifs is 12. The van der Waals surface area contributed by atoms with Gasteiger partial charge in [-0.1, -0.05) is 152 Å². The molecule has 0 amide bonds. The topological polar surface area (TPSA) is 35.6 Å². The Bertz CT molecular complexity index is 3470. The van der Waals surface area contributed by atoms with E-state index in [0.29, 0.717) is 5.95 Å². The van der Waals surface area contributed by atoms with Gasteiger partial charge in [0.1, 0.15) is 4.83 Å². The van der Waals surface area contributed by atoms with Crippen LogP contribution >= 0.6 is 11.3 Å². The largest absolute Gasteiger partial charge is 0.301 e. The summed E-state index contributed by atoms with van der Waals surface area (Å²) in [6, 6.07) is 65.0. The molecule has 0 fully saturated rings. The summed E-state index contributed by atoms with van der Waals surface area (Å²) in [4.78, 5) is 12.4. The van der Waals surface area contributed by atoms with Crippen molar-refractivity contribution < 1.29 is 0 Å². The Morgan fingerprint density at radius 1 is 0.418 bits per heavy atom. The lowest BCUT2D eigenvalue weighted by Crippen LogP contribution is -2.04. The van der Waals surface area contributed by atoms with Crippen LogP contribution in [-0.4, -0.2) is 19.1 Å². The van der Waals surface area contributed by atoms with E-state index in [0.717, 1.165) is 44.3 Å². The molecule has 12 aromatic rings. The Morgan fingerprint density at radius 2 is 1.00 bits per heavy atom. The fourth-order valence-corrected chi connectivity index (χ4v) is 10.1. The number of benzene rings is 8. The maximum atomic E-state index is 5.58. The Balaban J connectivity index is 1.24. The van der Waals surface area contributed by atoms with E-state index < -0.39 is 0 Å². The quantitative estimate of drug-likeness (QED) is 0.170. The van der Waals surface area contributed by atoms with Gasteiger partial charge in [0.15, 0.2) is 0 Å². The minimum absolute atomic E-state index is 0.663. The van der Waals surface area contributed by atoms with Gasteiger partial charge >= 0.3 is 0 Å². The van der Waals surface area contributed by atoms with E-state index in [1.54, 1.807) is 0 Å². The molecule has 0 saturated heterocycles. The summed E-state index contributed by atoms with van der Waals surface area (Å²) < 4.78 is 5.97. The Kier molecular flexibility index (Phi) is 6.47. The lowest BCUT2D eigenvalue weighted by molar-refractivity contribution is 1.02. The highest BCUT2D eigenvalue weighted by Gasteiger charge is 2.24. The summed E-state index contributed by atoms with van der Waals surface area (Å²) in [5.74, 6) is 0.663. The summed E-state index contributed by atoms with van der Waals surface area (Å²) in [6.45, 7) is 0. The van der Waals surface area contributed by atoms with Crippen molar-refractivity contribution in [2.75, 3.05) is 0 Å². The highest BCUT2D eigenvalue weighted by atomic mass is 32.1. The van der Waals surface area contributed by atoms with Gasteiger partial charge in [-0.15, -0.1) is 11.3 Å². The molecule has 0 aliphatic heterocycles. The van der Waals surface area contributed by atoms with Gasteiger partial charge in [-0.2, -0.15) is 0 Å². The van der Waals surface area contributed by atoms with Gasteiger partial charge < -0.3 is 4.57 Å². The van der Waals surface area contributed by atoms with Gasteiger partial charge in [-0.25, -0.2) is 9.97 Å². The lowest BCUT2D eigenvalue weighted by atomic mass is 9.94. The van der Waals surface area contributed by atoms with E-state index in [-0.39, 0.29) is 0 Å². The molecule has 0 radical (unpaired) electrons. The van der Waals surface area contributed by atoms with E-state index in [9.17, 15) is 0 Å². The molecule has 0 atom stereocenters. The van der Waals surface area contributed by atoms with Crippen LogP contribution in [0.2, 0.25) is 0 Å². The van der Waals surface area contributed by atoms with Crippen molar-refractivity contribution in [1.82, 2.24) is 19.1 Å². The highest BCUT2D eigenvalue weighted by Crippen LogP contribution is 2.47. The second kappa shape index (κ2) is 11.7. The molecule has 0 spiro atoms. The van der Waals surface area contributed by atoms with Crippen molar-refractivity contribution in [3.05, 3.63) is 182 Å². The molecule has 256 valence electrons. The molecule has 8 aromatic carbocycles. The number of hydrogen-bond donors (Lipinski definition) is 0. The molecule has 12 rings (SSSR count). The van der Waals surface area contributed by atoms with Crippen LogP contribution in [0.15, 0.2) is 182 Å². The third-order valence-electron chi connectivity index (χ3n) is 11.1. The van der Waals surface area contributed by atoms with E-state index in [4.69, 9.17) is 9.97 Å². The first-order chi connectivity index (χ1) is 27.3. The van der Waals surface area contributed by atoms with E-state index in [2.05, 4.69) is 191 Å². The molecule has 0 N–H and O–H groups in total. The molecule has 5 heteroatoms. The standard InChI is InChI=1S/C50H30N4S/c1-4-16-31(17-5-1)40-30-41-45(32-18-6-2-7-19-32)51-50(52-46(41)36-24-11-10-22-34(36)40)54-42-26-14-12-23-35(42)37-28-29-39-44-38-25-13-15-27-43(38)53(33-20-8-3-9-21-33)49(44)55-48(39)47(37)54/h1-30H. The first kappa shape index (κ1) is 30.4. The van der Waals surface area contributed by atoms with Crippen molar-refractivity contribution in [3.63, 3.8) is 0 Å². The summed E-state index contributed by atoms with van der Waals surface area (Å²) in [5, 5.41) is 9.46. The molecule has 0 bridgehead atoms. The molecule has 0 unspecified atom stereocenters. The highest BCUT2D eigenvalue weighted by molar-refractivity contribution is 7.26. The van der Waals surface area contributed by atoms with Crippen LogP contribution in [0.1, 0.15) is 0 Å². The van der Waals surface area contributed by atoms with Gasteiger partial charge in [-0.3, -0.25) is 4.57 Å². The van der Waals surface area contributed by atoms with E-state index in [1.165, 1.54) is 58.5 Å². The summed E-state index contributed by atoms with van der Waals surface area (Å²) in [5.41, 5.74) is 9.84. The minimum Gasteiger partial charge on any atom is -0.301 e. The minimum atomic E-state index is 0.663. The number of thiophene rings is 1. The van der Waals surface area contributed by atoms with Gasteiger partial charge in [0, 0.05) is 49.0 Å². The molecule has 0 aliphatic carbocycles. The molecular weight excluding hydrogens is 689 g/mol. The van der Waals surface area contributed by atoms with Gasteiger partial charge in [-0.05, 0) is 46.8 Å². The van der Waals surface area contributed by atoms with Crippen molar-refractivity contribution in [3.8, 4) is 34.0 Å². The van der Waals surface area contributed by atoms with Crippen LogP contribution in [0.3, 0.4) is 0 Å². The van der Waals surface area contributed by atoms with Crippen LogP contribution in [0.5, 0.6) is 0 Å². The fourth-order valence-electron chi connectivity index (χ4n) is 8.76. The van der Waals surface area contributed by atoms with Crippen LogP contribution in [-0.2, 0) is 0 Å². The van der Waals surface area contributed by atoms with E-state index >= 15 is 0 Å². The van der Waals surface area contributed by atoms with Gasteiger partial charge in [0.05, 0.1) is 32.5 Å². The number of para-hydroxylation sites is 3. The van der Waals surface area contributed by atoms with Gasteiger partial charge in [0.2, 0.25) is 5.95 Å². The maximum absolute atomic E-state index is 5.58. The molecule has 0 aliphatic rings. The number of hydrogen-bond acceptors (Lipinski definition) is 3. The van der Waals surface area contributed by atoms with Crippen LogP contribution in [0.25, 0.3) is 109 Å². The monoisotopic (exact) mass is 718 g/mol. The Hall–Kier alpha value is -7.08. The van der Waals surface area contributed by atoms with Crippen molar-refractivity contribution in [2.45, 2.75) is 0 Å². The predicted molar refractivity (Wildman–Crippen MR) is 232 cm³/mol. The lowest BCUT2D eigenvalue weighted by Gasteiger charge is -2.16. The summed E-state index contributed by atoms with van der Waals surface area (Å²) in [7, 11) is 0. The third kappa shape index (κ3) is 4.39. The predicted octanol–water partition coefficient (Wildman–Crippen LogP) is 13.5. The zero-order chi connectivity index (χ0) is 36.0. The Labute approximate surface area is 319 Å². The van der Waals surface area contributed by atoms with Crippen LogP contribution in [0.4, 0.5) is 0 Å². The molecular formula is C50H30N4S. The van der Waals surface area contributed by atoms with E-state index in [1.807, 2.05) is 11.3 Å². The SMILES string of the molecule is c1ccc(-c2cc3c(-c4ccccc4)nc(-n4c5ccccc5c5ccc6c(sc7c6c6ccccc6n7-c6ccccc6)c54)nc3c3ccccc23)cc1. The second-order valence-corrected chi connectivity index (χ2v) is 15.1. The third-order valence-corrected chi connectivity index (χ3v) is 12.3. The molecule has 4 heterocycles. The zero-order valence-electron chi connectivity index (χ0n) is 29.5. The average molecular weight is 719 g/mol. The number of aromatic nitrogens is 4. The molecule has 55 heavy (non-hydrogen) atoms. The van der Waals surface area contributed by atoms with Crippen molar-refractivity contribution in [2.24, 2.45) is 0 Å². The maximum Gasteiger partial charge on any atom is 0.235 e. The summed E-state index contributed by atoms with van der Waals surface area (Å²) in [6.07, 6.45) is 0. The molecule has 4 nitrogen and oxygen atoms in total. The van der Waals surface area contributed by atoms with Crippen LogP contribution in [0, 0.1) is 0 Å². The van der Waals surface area contributed by atoms with Crippen molar-refractivity contribution >= 4 is 86.0 Å². The fraction of sp³-hybridized carbons (Fsp3) is 0. The van der Waals surface area contributed by atoms with Gasteiger partial charge in [0.25, 0.3) is 0 Å². The second-order valence-electron chi connectivity index (χ2n) is 14.1. The first-order valence-electron chi connectivity index (χ1n) is 18.6. The van der Waals surface area contributed by atoms with Crippen LogP contribution < -0.4 is 0 Å². The zero-order valence-corrected chi connectivity index (χ0v) is 30.3. The summed E-state index contributed by atoms with van der Waals surface area (Å²) >= 11 is 1.86. The number of rotatable bonds is 4.